The molecule has 0 saturated heterocycles. The molecule has 2 unspecified atom stereocenters. The lowest BCUT2D eigenvalue weighted by atomic mass is 10.0. The van der Waals surface area contributed by atoms with Crippen LogP contribution in [0.2, 0.25) is 0 Å². The summed E-state index contributed by atoms with van der Waals surface area (Å²) >= 11 is 0. The van der Waals surface area contributed by atoms with Crippen LogP contribution in [0.5, 0.6) is 0 Å². The number of benzene rings is 2. The van der Waals surface area contributed by atoms with E-state index in [2.05, 4.69) is 17.2 Å². The van der Waals surface area contributed by atoms with E-state index >= 15 is 0 Å². The van der Waals surface area contributed by atoms with Crippen molar-refractivity contribution in [1.29, 1.82) is 0 Å². The Bertz CT molecular complexity index is 1060. The maximum Gasteiger partial charge on any atom is 0.261 e. The highest BCUT2D eigenvalue weighted by molar-refractivity contribution is 7.90. The standard InChI is InChI=1S/C21H22F2N2O5S/c1-13(19(22)23)18(21(27)25-28)24-20(26)16-9-5-14(6-10-16)3-4-15-7-11-17(12-8-15)31(2,29)30/h5-13,18-20,24,26,28H,1-2H3,(H,25,27)/t13?,18-,20?/m0/s1. The number of aliphatic hydroxyl groups is 1. The van der Waals surface area contributed by atoms with Crippen LogP contribution < -0.4 is 10.8 Å². The summed E-state index contributed by atoms with van der Waals surface area (Å²) in [6.07, 6.45) is -3.16. The molecule has 166 valence electrons. The SMILES string of the molecule is CC(C(F)F)[C@H](NC(O)c1ccc(C#Cc2ccc(S(C)(=O)=O)cc2)cc1)C(=O)NO. The van der Waals surface area contributed by atoms with Crippen molar-refractivity contribution in [3.05, 3.63) is 65.2 Å². The molecule has 3 atom stereocenters. The number of halogens is 2. The van der Waals surface area contributed by atoms with E-state index in [0.29, 0.717) is 16.7 Å². The second-order valence-corrected chi connectivity index (χ2v) is 8.90. The molecule has 2 rings (SSSR count). The number of nitrogens with one attached hydrogen (secondary N) is 2. The summed E-state index contributed by atoms with van der Waals surface area (Å²) in [5.74, 6) is 3.23. The van der Waals surface area contributed by atoms with E-state index in [1.165, 1.54) is 29.7 Å². The number of hydrogen-bond donors (Lipinski definition) is 4. The summed E-state index contributed by atoms with van der Waals surface area (Å²) in [6, 6.07) is 10.8. The number of alkyl halides is 2. The molecule has 0 aliphatic rings. The fourth-order valence-corrected chi connectivity index (χ4v) is 3.26. The Hall–Kier alpha value is -2.84. The zero-order valence-electron chi connectivity index (χ0n) is 16.7. The Labute approximate surface area is 179 Å². The van der Waals surface area contributed by atoms with Crippen LogP contribution >= 0.6 is 0 Å². The highest BCUT2D eigenvalue weighted by atomic mass is 32.2. The van der Waals surface area contributed by atoms with Gasteiger partial charge in [0.25, 0.3) is 5.91 Å². The molecule has 0 aliphatic carbocycles. The summed E-state index contributed by atoms with van der Waals surface area (Å²) in [5, 5.41) is 21.4. The normalized spacial score (nSPS) is 14.3. The van der Waals surface area contributed by atoms with Crippen LogP contribution in [0.15, 0.2) is 53.4 Å². The smallest absolute Gasteiger partial charge is 0.261 e. The van der Waals surface area contributed by atoms with Gasteiger partial charge in [-0.25, -0.2) is 22.7 Å². The van der Waals surface area contributed by atoms with Gasteiger partial charge < -0.3 is 5.11 Å². The number of carbonyl (C=O) groups excluding carboxylic acids is 1. The number of sulfone groups is 1. The molecule has 10 heteroatoms. The predicted octanol–water partition coefficient (Wildman–Crippen LogP) is 1.85. The van der Waals surface area contributed by atoms with Crippen molar-refractivity contribution in [3.63, 3.8) is 0 Å². The molecule has 4 N–H and O–H groups in total. The van der Waals surface area contributed by atoms with E-state index in [1.54, 1.807) is 24.3 Å². The number of rotatable bonds is 7. The zero-order chi connectivity index (χ0) is 23.2. The third-order valence-electron chi connectivity index (χ3n) is 4.51. The molecular formula is C21H22F2N2O5S. The molecule has 0 aromatic heterocycles. The monoisotopic (exact) mass is 452 g/mol. The highest BCUT2D eigenvalue weighted by Crippen LogP contribution is 2.18. The van der Waals surface area contributed by atoms with Gasteiger partial charge in [-0.05, 0) is 42.0 Å². The molecular weight excluding hydrogens is 430 g/mol. The van der Waals surface area contributed by atoms with Crippen LogP contribution in [0.1, 0.15) is 29.8 Å². The van der Waals surface area contributed by atoms with Crippen LogP contribution in [0.3, 0.4) is 0 Å². The average Bonchev–Trinajstić information content (AvgIpc) is 2.74. The van der Waals surface area contributed by atoms with E-state index in [4.69, 9.17) is 5.21 Å². The van der Waals surface area contributed by atoms with Crippen molar-refractivity contribution in [1.82, 2.24) is 10.8 Å². The van der Waals surface area contributed by atoms with Gasteiger partial charge >= 0.3 is 0 Å². The molecule has 1 amide bonds. The van der Waals surface area contributed by atoms with Crippen molar-refractivity contribution < 1.29 is 32.3 Å². The van der Waals surface area contributed by atoms with Crippen molar-refractivity contribution in [2.75, 3.05) is 6.26 Å². The third-order valence-corrected chi connectivity index (χ3v) is 5.64. The summed E-state index contributed by atoms with van der Waals surface area (Å²) in [5.41, 5.74) is 2.82. The largest absolute Gasteiger partial charge is 0.374 e. The van der Waals surface area contributed by atoms with Crippen molar-refractivity contribution in [2.45, 2.75) is 30.5 Å². The van der Waals surface area contributed by atoms with Gasteiger partial charge in [0.15, 0.2) is 9.84 Å². The van der Waals surface area contributed by atoms with Gasteiger partial charge in [0.1, 0.15) is 6.23 Å². The number of aliphatic hydroxyl groups excluding tert-OH is 1. The van der Waals surface area contributed by atoms with Gasteiger partial charge in [-0.15, -0.1) is 0 Å². The van der Waals surface area contributed by atoms with Gasteiger partial charge in [-0.2, -0.15) is 0 Å². The first-order valence-corrected chi connectivity index (χ1v) is 11.0. The second kappa shape index (κ2) is 10.5. The lowest BCUT2D eigenvalue weighted by Crippen LogP contribution is -2.50. The quantitative estimate of drug-likeness (QED) is 0.221. The van der Waals surface area contributed by atoms with E-state index in [-0.39, 0.29) is 4.90 Å². The molecule has 0 fully saturated rings. The summed E-state index contributed by atoms with van der Waals surface area (Å²) < 4.78 is 48.9. The first kappa shape index (κ1) is 24.4. The van der Waals surface area contributed by atoms with E-state index in [1.807, 2.05) is 0 Å². The summed E-state index contributed by atoms with van der Waals surface area (Å²) in [6.45, 7) is 1.12. The maximum atomic E-state index is 13.0. The first-order valence-electron chi connectivity index (χ1n) is 9.11. The van der Waals surface area contributed by atoms with Crippen molar-refractivity contribution >= 4 is 15.7 Å². The Balaban J connectivity index is 2.11. The molecule has 0 aliphatic heterocycles. The minimum Gasteiger partial charge on any atom is -0.374 e. The molecule has 0 spiro atoms. The lowest BCUT2D eigenvalue weighted by Gasteiger charge is -2.25. The van der Waals surface area contributed by atoms with Gasteiger partial charge in [0, 0.05) is 23.3 Å². The molecule has 0 saturated carbocycles. The number of hydrogen-bond acceptors (Lipinski definition) is 6. The fourth-order valence-electron chi connectivity index (χ4n) is 2.63. The van der Waals surface area contributed by atoms with Crippen LogP contribution in [-0.4, -0.2) is 43.4 Å². The molecule has 0 radical (unpaired) electrons. The Morgan fingerprint density at radius 3 is 1.90 bits per heavy atom. The number of hydroxylamine groups is 1. The average molecular weight is 452 g/mol. The molecule has 2 aromatic carbocycles. The highest BCUT2D eigenvalue weighted by Gasteiger charge is 2.32. The topological polar surface area (TPSA) is 116 Å². The van der Waals surface area contributed by atoms with Gasteiger partial charge in [0.2, 0.25) is 6.43 Å². The van der Waals surface area contributed by atoms with Crippen LogP contribution in [0.25, 0.3) is 0 Å². The molecule has 0 heterocycles. The van der Waals surface area contributed by atoms with Crippen LogP contribution in [-0.2, 0) is 14.6 Å². The third kappa shape index (κ3) is 6.83. The Morgan fingerprint density at radius 1 is 1.00 bits per heavy atom. The molecule has 7 nitrogen and oxygen atoms in total. The van der Waals surface area contributed by atoms with E-state index in [9.17, 15) is 27.1 Å². The van der Waals surface area contributed by atoms with Gasteiger partial charge in [-0.1, -0.05) is 30.9 Å². The summed E-state index contributed by atoms with van der Waals surface area (Å²) in [4.78, 5) is 11.8. The molecule has 0 bridgehead atoms. The predicted molar refractivity (Wildman–Crippen MR) is 109 cm³/mol. The van der Waals surface area contributed by atoms with E-state index in [0.717, 1.165) is 13.2 Å². The van der Waals surface area contributed by atoms with Gasteiger partial charge in [-0.3, -0.25) is 15.3 Å². The van der Waals surface area contributed by atoms with Crippen molar-refractivity contribution in [2.24, 2.45) is 5.92 Å². The Morgan fingerprint density at radius 2 is 1.48 bits per heavy atom. The first-order chi connectivity index (χ1) is 14.5. The molecule has 31 heavy (non-hydrogen) atoms. The van der Waals surface area contributed by atoms with Gasteiger partial charge in [0.05, 0.1) is 10.9 Å². The minimum absolute atomic E-state index is 0.193. The zero-order valence-corrected chi connectivity index (χ0v) is 17.5. The Kier molecular flexibility index (Phi) is 8.24. The summed E-state index contributed by atoms with van der Waals surface area (Å²) in [7, 11) is -3.28. The van der Waals surface area contributed by atoms with E-state index < -0.39 is 40.4 Å². The maximum absolute atomic E-state index is 13.0. The van der Waals surface area contributed by atoms with Crippen molar-refractivity contribution in [3.8, 4) is 11.8 Å². The second-order valence-electron chi connectivity index (χ2n) is 6.89. The fraction of sp³-hybridized carbons (Fsp3) is 0.286. The minimum atomic E-state index is -3.28. The van der Waals surface area contributed by atoms with Crippen LogP contribution in [0, 0.1) is 17.8 Å². The lowest BCUT2D eigenvalue weighted by molar-refractivity contribution is -0.135. The number of carbonyl (C=O) groups is 1. The molecule has 2 aromatic rings. The number of amides is 1. The van der Waals surface area contributed by atoms with Crippen LogP contribution in [0.4, 0.5) is 8.78 Å².